The van der Waals surface area contributed by atoms with Gasteiger partial charge in [0.05, 0.1) is 21.3 Å². The number of benzene rings is 3. The third-order valence-electron chi connectivity index (χ3n) is 4.51. The standard InChI is InChI=1S/C24H20ClIN4O6/c1-2-35-21-11-15(13-27-29-24(32)16-4-3-5-19(12-16)30(33)34)10-20(26)23(21)36-14-22(31)28-18-8-6-17(25)7-9-18/h3-13H,2,14H2,1H3,(H,28,31)(H,29,32)/b27-13+. The van der Waals surface area contributed by atoms with Gasteiger partial charge in [-0.15, -0.1) is 0 Å². The molecule has 2 N–H and O–H groups in total. The average molecular weight is 623 g/mol. The number of hydrazone groups is 1. The van der Waals surface area contributed by atoms with Crippen LogP contribution in [-0.2, 0) is 4.79 Å². The molecule has 0 aliphatic carbocycles. The summed E-state index contributed by atoms with van der Waals surface area (Å²) in [5, 5.41) is 18.1. The molecule has 36 heavy (non-hydrogen) atoms. The molecule has 3 aromatic rings. The van der Waals surface area contributed by atoms with Gasteiger partial charge in [-0.3, -0.25) is 19.7 Å². The summed E-state index contributed by atoms with van der Waals surface area (Å²) >= 11 is 7.90. The SMILES string of the molecule is CCOc1cc(/C=N/NC(=O)c2cccc([N+](=O)[O-])c2)cc(I)c1OCC(=O)Nc1ccc(Cl)cc1. The van der Waals surface area contributed by atoms with Gasteiger partial charge in [0.15, 0.2) is 18.1 Å². The average Bonchev–Trinajstić information content (AvgIpc) is 2.85. The first-order chi connectivity index (χ1) is 17.3. The first-order valence-electron chi connectivity index (χ1n) is 10.5. The molecule has 0 atom stereocenters. The summed E-state index contributed by atoms with van der Waals surface area (Å²) in [6.07, 6.45) is 1.40. The number of hydrogen-bond acceptors (Lipinski definition) is 7. The van der Waals surface area contributed by atoms with Crippen molar-refractivity contribution >= 4 is 63.6 Å². The van der Waals surface area contributed by atoms with Crippen LogP contribution in [0.1, 0.15) is 22.8 Å². The van der Waals surface area contributed by atoms with E-state index in [1.807, 2.05) is 29.5 Å². The van der Waals surface area contributed by atoms with E-state index < -0.39 is 10.8 Å². The molecular weight excluding hydrogens is 603 g/mol. The molecule has 0 aromatic heterocycles. The van der Waals surface area contributed by atoms with E-state index in [0.29, 0.717) is 37.9 Å². The molecule has 2 amide bonds. The van der Waals surface area contributed by atoms with E-state index in [-0.39, 0.29) is 23.8 Å². The van der Waals surface area contributed by atoms with Gasteiger partial charge in [0.1, 0.15) is 0 Å². The number of nitrogens with one attached hydrogen (secondary N) is 2. The van der Waals surface area contributed by atoms with E-state index in [1.54, 1.807) is 36.4 Å². The van der Waals surface area contributed by atoms with E-state index in [0.717, 1.165) is 6.07 Å². The number of anilines is 1. The number of hydrogen-bond donors (Lipinski definition) is 2. The van der Waals surface area contributed by atoms with Crippen molar-refractivity contribution < 1.29 is 24.0 Å². The van der Waals surface area contributed by atoms with Crippen LogP contribution in [0.2, 0.25) is 5.02 Å². The molecule has 12 heteroatoms. The Hall–Kier alpha value is -3.71. The first-order valence-corrected chi connectivity index (χ1v) is 11.9. The molecule has 0 aliphatic rings. The van der Waals surface area contributed by atoms with Crippen LogP contribution in [0.5, 0.6) is 11.5 Å². The van der Waals surface area contributed by atoms with Crippen LogP contribution < -0.4 is 20.2 Å². The summed E-state index contributed by atoms with van der Waals surface area (Å²) in [7, 11) is 0. The second-order valence-electron chi connectivity index (χ2n) is 7.11. The van der Waals surface area contributed by atoms with E-state index in [2.05, 4.69) is 15.8 Å². The Labute approximate surface area is 224 Å². The molecular formula is C24H20ClIN4O6. The lowest BCUT2D eigenvalue weighted by atomic mass is 10.2. The maximum Gasteiger partial charge on any atom is 0.271 e. The van der Waals surface area contributed by atoms with Gasteiger partial charge in [0.25, 0.3) is 17.5 Å². The number of nitro benzene ring substituents is 1. The molecule has 0 bridgehead atoms. The van der Waals surface area contributed by atoms with E-state index in [9.17, 15) is 19.7 Å². The molecule has 0 spiro atoms. The summed E-state index contributed by atoms with van der Waals surface area (Å²) in [6.45, 7) is 1.92. The summed E-state index contributed by atoms with van der Waals surface area (Å²) in [5.74, 6) is -0.164. The smallest absolute Gasteiger partial charge is 0.271 e. The molecule has 0 radical (unpaired) electrons. The predicted octanol–water partition coefficient (Wildman–Crippen LogP) is 5.03. The van der Waals surface area contributed by atoms with Crippen LogP contribution in [0.3, 0.4) is 0 Å². The van der Waals surface area contributed by atoms with Crippen LogP contribution in [0, 0.1) is 13.7 Å². The first kappa shape index (κ1) is 26.9. The van der Waals surface area contributed by atoms with Gasteiger partial charge in [-0.1, -0.05) is 17.7 Å². The lowest BCUT2D eigenvalue weighted by Crippen LogP contribution is -2.20. The second-order valence-corrected chi connectivity index (χ2v) is 8.71. The Morgan fingerprint density at radius 3 is 2.58 bits per heavy atom. The molecule has 10 nitrogen and oxygen atoms in total. The minimum atomic E-state index is -0.596. The fraction of sp³-hybridized carbons (Fsp3) is 0.125. The number of carbonyl (C=O) groups is 2. The normalized spacial score (nSPS) is 10.6. The molecule has 0 saturated heterocycles. The third-order valence-corrected chi connectivity index (χ3v) is 5.56. The van der Waals surface area contributed by atoms with Crippen LogP contribution in [0.15, 0.2) is 65.8 Å². The lowest BCUT2D eigenvalue weighted by Gasteiger charge is -2.14. The number of amides is 2. The number of ether oxygens (including phenoxy) is 2. The third kappa shape index (κ3) is 7.65. The Morgan fingerprint density at radius 2 is 1.89 bits per heavy atom. The topological polar surface area (TPSA) is 132 Å². The van der Waals surface area contributed by atoms with Gasteiger partial charge in [-0.25, -0.2) is 5.43 Å². The van der Waals surface area contributed by atoms with Gasteiger partial charge >= 0.3 is 0 Å². The zero-order chi connectivity index (χ0) is 26.1. The number of nitro groups is 1. The Kier molecular flexibility index (Phi) is 9.59. The van der Waals surface area contributed by atoms with Crippen molar-refractivity contribution in [3.05, 3.63) is 90.5 Å². The maximum atomic E-state index is 12.3. The van der Waals surface area contributed by atoms with Crippen molar-refractivity contribution in [2.24, 2.45) is 5.10 Å². The highest BCUT2D eigenvalue weighted by atomic mass is 127. The fourth-order valence-electron chi connectivity index (χ4n) is 2.92. The van der Waals surface area contributed by atoms with Gasteiger partial charge < -0.3 is 14.8 Å². The van der Waals surface area contributed by atoms with Crippen LogP contribution in [0.25, 0.3) is 0 Å². The Balaban J connectivity index is 1.66. The molecule has 0 fully saturated rings. The number of nitrogens with zero attached hydrogens (tertiary/aromatic N) is 2. The monoisotopic (exact) mass is 622 g/mol. The number of rotatable bonds is 10. The van der Waals surface area contributed by atoms with Gasteiger partial charge in [-0.2, -0.15) is 5.10 Å². The predicted molar refractivity (Wildman–Crippen MR) is 144 cm³/mol. The van der Waals surface area contributed by atoms with Crippen molar-refractivity contribution in [2.45, 2.75) is 6.92 Å². The maximum absolute atomic E-state index is 12.3. The molecule has 3 aromatic carbocycles. The van der Waals surface area contributed by atoms with Crippen molar-refractivity contribution in [1.29, 1.82) is 0 Å². The van der Waals surface area contributed by atoms with E-state index in [1.165, 1.54) is 24.4 Å². The van der Waals surface area contributed by atoms with Gasteiger partial charge in [-0.05, 0) is 77.5 Å². The van der Waals surface area contributed by atoms with Gasteiger partial charge in [0, 0.05) is 28.4 Å². The Morgan fingerprint density at radius 1 is 1.14 bits per heavy atom. The highest BCUT2D eigenvalue weighted by molar-refractivity contribution is 14.1. The molecule has 3 rings (SSSR count). The van der Waals surface area contributed by atoms with E-state index in [4.69, 9.17) is 21.1 Å². The van der Waals surface area contributed by atoms with Crippen molar-refractivity contribution in [3.63, 3.8) is 0 Å². The lowest BCUT2D eigenvalue weighted by molar-refractivity contribution is -0.384. The molecule has 0 heterocycles. The zero-order valence-corrected chi connectivity index (χ0v) is 21.8. The molecule has 186 valence electrons. The molecule has 0 saturated carbocycles. The highest BCUT2D eigenvalue weighted by Crippen LogP contribution is 2.34. The molecule has 0 unspecified atom stereocenters. The van der Waals surface area contributed by atoms with E-state index >= 15 is 0 Å². The van der Waals surface area contributed by atoms with Crippen LogP contribution in [-0.4, -0.2) is 36.2 Å². The van der Waals surface area contributed by atoms with Crippen molar-refractivity contribution in [2.75, 3.05) is 18.5 Å². The van der Waals surface area contributed by atoms with Crippen molar-refractivity contribution in [3.8, 4) is 11.5 Å². The second kappa shape index (κ2) is 12.8. The highest BCUT2D eigenvalue weighted by Gasteiger charge is 2.15. The minimum Gasteiger partial charge on any atom is -0.490 e. The summed E-state index contributed by atoms with van der Waals surface area (Å²) in [6, 6.07) is 15.4. The minimum absolute atomic E-state index is 0.103. The van der Waals surface area contributed by atoms with Crippen LogP contribution >= 0.6 is 34.2 Å². The number of carbonyl (C=O) groups excluding carboxylic acids is 2. The van der Waals surface area contributed by atoms with Crippen molar-refractivity contribution in [1.82, 2.24) is 5.43 Å². The fourth-order valence-corrected chi connectivity index (χ4v) is 3.83. The summed E-state index contributed by atoms with van der Waals surface area (Å²) < 4.78 is 12.0. The number of non-ortho nitro benzene ring substituents is 1. The molecule has 0 aliphatic heterocycles. The number of halogens is 2. The zero-order valence-electron chi connectivity index (χ0n) is 18.9. The quantitative estimate of drug-likeness (QED) is 0.141. The van der Waals surface area contributed by atoms with Gasteiger partial charge in [0.2, 0.25) is 0 Å². The summed E-state index contributed by atoms with van der Waals surface area (Å²) in [4.78, 5) is 34.9. The Bertz CT molecular complexity index is 1300. The van der Waals surface area contributed by atoms with Crippen LogP contribution in [0.4, 0.5) is 11.4 Å². The largest absolute Gasteiger partial charge is 0.490 e. The summed E-state index contributed by atoms with van der Waals surface area (Å²) in [5.41, 5.74) is 3.43.